The van der Waals surface area contributed by atoms with E-state index in [-0.39, 0.29) is 0 Å². The number of nitrogens with zero attached hydrogens (tertiary/aromatic N) is 2. The number of carboxylic acids is 1. The van der Waals surface area contributed by atoms with Gasteiger partial charge >= 0.3 is 5.97 Å². The number of hydrogen-bond donors (Lipinski definition) is 1. The molecule has 6 heteroatoms. The lowest BCUT2D eigenvalue weighted by Gasteiger charge is -2.11. The molecule has 1 aliphatic carbocycles. The lowest BCUT2D eigenvalue weighted by atomic mass is 9.93. The van der Waals surface area contributed by atoms with Gasteiger partial charge in [0.2, 0.25) is 0 Å². The number of carboxylic acid groups (broad SMARTS) is 1. The van der Waals surface area contributed by atoms with Crippen molar-refractivity contribution in [3.05, 3.63) is 95.4 Å². The van der Waals surface area contributed by atoms with Gasteiger partial charge in [-0.15, -0.1) is 0 Å². The van der Waals surface area contributed by atoms with Gasteiger partial charge in [-0.05, 0) is 54.2 Å². The Morgan fingerprint density at radius 1 is 0.971 bits per heavy atom. The summed E-state index contributed by atoms with van der Waals surface area (Å²) in [6.45, 7) is 3.06. The first-order valence-electron chi connectivity index (χ1n) is 11.4. The number of benzene rings is 2. The molecule has 1 fully saturated rings. The normalized spacial score (nSPS) is 14.1. The summed E-state index contributed by atoms with van der Waals surface area (Å²) in [5, 5.41) is 13.7. The quantitative estimate of drug-likeness (QED) is 0.332. The average Bonchev–Trinajstić information content (AvgIpc) is 3.61. The minimum absolute atomic E-state index is 0.545. The lowest BCUT2D eigenvalue weighted by Crippen LogP contribution is -2.19. The first kappa shape index (κ1) is 22.0. The maximum atomic E-state index is 11.6. The Morgan fingerprint density at radius 3 is 2.21 bits per heavy atom. The van der Waals surface area contributed by atoms with E-state index in [0.717, 1.165) is 44.8 Å². The average molecular weight is 455 g/mol. The number of ether oxygens (including phenoxy) is 1. The zero-order valence-electron chi connectivity index (χ0n) is 19.0. The van der Waals surface area contributed by atoms with Crippen molar-refractivity contribution >= 4 is 5.97 Å². The van der Waals surface area contributed by atoms with Gasteiger partial charge in [0, 0.05) is 29.9 Å². The molecule has 0 radical (unpaired) electrons. The van der Waals surface area contributed by atoms with Crippen LogP contribution in [-0.2, 0) is 28.0 Å². The van der Waals surface area contributed by atoms with E-state index in [2.05, 4.69) is 22.3 Å². The smallest absolute Gasteiger partial charge is 0.314 e. The molecule has 1 N–H and O–H groups in total. The van der Waals surface area contributed by atoms with Gasteiger partial charge in [0.15, 0.2) is 5.76 Å². The van der Waals surface area contributed by atoms with Crippen LogP contribution >= 0.6 is 0 Å². The maximum absolute atomic E-state index is 11.6. The molecule has 4 aromatic rings. The molecule has 5 rings (SSSR count). The van der Waals surface area contributed by atoms with Crippen LogP contribution in [-0.4, -0.2) is 27.8 Å². The van der Waals surface area contributed by atoms with Gasteiger partial charge in [0.05, 0.1) is 24.3 Å². The van der Waals surface area contributed by atoms with Crippen LogP contribution in [0.15, 0.2) is 77.6 Å². The van der Waals surface area contributed by atoms with E-state index in [1.54, 1.807) is 12.4 Å². The number of aryl methyl sites for hydroxylation is 1. The Hall–Kier alpha value is -3.77. The van der Waals surface area contributed by atoms with Gasteiger partial charge < -0.3 is 14.4 Å². The van der Waals surface area contributed by atoms with Crippen molar-refractivity contribution in [3.8, 4) is 22.5 Å². The first-order chi connectivity index (χ1) is 16.6. The highest BCUT2D eigenvalue weighted by Crippen LogP contribution is 2.48. The topological polar surface area (TPSA) is 85.5 Å². The minimum atomic E-state index is -0.731. The van der Waals surface area contributed by atoms with Crippen molar-refractivity contribution in [2.75, 3.05) is 6.61 Å². The monoisotopic (exact) mass is 454 g/mol. The third-order valence-corrected chi connectivity index (χ3v) is 6.58. The molecule has 0 atom stereocenters. The van der Waals surface area contributed by atoms with E-state index in [1.807, 2.05) is 55.5 Å². The van der Waals surface area contributed by atoms with Gasteiger partial charge in [-0.3, -0.25) is 9.78 Å². The Bertz CT molecular complexity index is 1270. The standard InChI is InChI=1S/C28H26N2O4/c1-19-25(12-17-33-18-20-10-15-29-16-11-20)26(34-30-19)23-4-2-21(3-5-23)22-6-8-24(9-7-22)28(13-14-28)27(31)32/h2-11,15-16H,12-14,17-18H2,1H3,(H,31,32). The van der Waals surface area contributed by atoms with Crippen molar-refractivity contribution in [1.82, 2.24) is 10.1 Å². The van der Waals surface area contributed by atoms with Gasteiger partial charge in [-0.1, -0.05) is 53.7 Å². The molecule has 0 saturated heterocycles. The van der Waals surface area contributed by atoms with Gasteiger partial charge in [-0.25, -0.2) is 0 Å². The minimum Gasteiger partial charge on any atom is -0.481 e. The van der Waals surface area contributed by atoms with Gasteiger partial charge in [0.1, 0.15) is 0 Å². The molecule has 0 bridgehead atoms. The Morgan fingerprint density at radius 2 is 1.59 bits per heavy atom. The fourth-order valence-electron chi connectivity index (χ4n) is 4.30. The molecule has 0 amide bonds. The molecule has 2 aromatic carbocycles. The molecule has 1 saturated carbocycles. The summed E-state index contributed by atoms with van der Waals surface area (Å²) in [6.07, 6.45) is 5.66. The Labute approximate surface area is 198 Å². The van der Waals surface area contributed by atoms with Crippen LogP contribution < -0.4 is 0 Å². The van der Waals surface area contributed by atoms with Crippen LogP contribution in [0.4, 0.5) is 0 Å². The third kappa shape index (κ3) is 4.37. The summed E-state index contributed by atoms with van der Waals surface area (Å²) in [6, 6.07) is 19.9. The lowest BCUT2D eigenvalue weighted by molar-refractivity contribution is -0.140. The molecule has 0 spiro atoms. The fraction of sp³-hybridized carbons (Fsp3) is 0.250. The van der Waals surface area contributed by atoms with Crippen LogP contribution in [0.5, 0.6) is 0 Å². The van der Waals surface area contributed by atoms with E-state index in [1.165, 1.54) is 0 Å². The molecule has 2 aromatic heterocycles. The second-order valence-electron chi connectivity index (χ2n) is 8.78. The molecule has 172 valence electrons. The Kier molecular flexibility index (Phi) is 5.99. The van der Waals surface area contributed by atoms with Crippen LogP contribution in [0.2, 0.25) is 0 Å². The van der Waals surface area contributed by atoms with Crippen molar-refractivity contribution in [2.24, 2.45) is 0 Å². The van der Waals surface area contributed by atoms with Crippen molar-refractivity contribution in [2.45, 2.75) is 38.2 Å². The largest absolute Gasteiger partial charge is 0.481 e. The Balaban J connectivity index is 1.26. The van der Waals surface area contributed by atoms with Crippen LogP contribution in [0.25, 0.3) is 22.5 Å². The summed E-state index contributed by atoms with van der Waals surface area (Å²) >= 11 is 0. The fourth-order valence-corrected chi connectivity index (χ4v) is 4.30. The summed E-state index contributed by atoms with van der Waals surface area (Å²) in [5.74, 6) is 0.0366. The van der Waals surface area contributed by atoms with E-state index in [9.17, 15) is 9.90 Å². The van der Waals surface area contributed by atoms with E-state index >= 15 is 0 Å². The zero-order valence-corrected chi connectivity index (χ0v) is 19.0. The highest BCUT2D eigenvalue weighted by molar-refractivity contribution is 5.85. The molecular weight excluding hydrogens is 428 g/mol. The first-order valence-corrected chi connectivity index (χ1v) is 11.4. The van der Waals surface area contributed by atoms with Crippen LogP contribution in [0, 0.1) is 6.92 Å². The second kappa shape index (κ2) is 9.23. The molecule has 1 aliphatic rings. The number of carbonyl (C=O) groups is 1. The van der Waals surface area contributed by atoms with Gasteiger partial charge in [0.25, 0.3) is 0 Å². The SMILES string of the molecule is Cc1noc(-c2ccc(-c3ccc(C4(C(=O)O)CC4)cc3)cc2)c1CCOCc1ccncc1. The van der Waals surface area contributed by atoms with E-state index in [0.29, 0.717) is 32.5 Å². The van der Waals surface area contributed by atoms with Crippen molar-refractivity contribution in [3.63, 3.8) is 0 Å². The molecule has 34 heavy (non-hydrogen) atoms. The van der Waals surface area contributed by atoms with Crippen LogP contribution in [0.3, 0.4) is 0 Å². The van der Waals surface area contributed by atoms with Gasteiger partial charge in [-0.2, -0.15) is 0 Å². The van der Waals surface area contributed by atoms with E-state index in [4.69, 9.17) is 9.26 Å². The summed E-state index contributed by atoms with van der Waals surface area (Å²) in [5.41, 5.74) is 6.30. The number of rotatable bonds is 9. The zero-order chi connectivity index (χ0) is 23.5. The molecule has 6 nitrogen and oxygen atoms in total. The second-order valence-corrected chi connectivity index (χ2v) is 8.78. The van der Waals surface area contributed by atoms with Crippen LogP contribution in [0.1, 0.15) is 35.2 Å². The predicted molar refractivity (Wildman–Crippen MR) is 128 cm³/mol. The van der Waals surface area contributed by atoms with Crippen molar-refractivity contribution in [1.29, 1.82) is 0 Å². The predicted octanol–water partition coefficient (Wildman–Crippen LogP) is 5.59. The molecular formula is C28H26N2O4. The van der Waals surface area contributed by atoms with E-state index < -0.39 is 11.4 Å². The number of pyridine rings is 1. The highest BCUT2D eigenvalue weighted by Gasteiger charge is 2.51. The van der Waals surface area contributed by atoms with Crippen molar-refractivity contribution < 1.29 is 19.2 Å². The maximum Gasteiger partial charge on any atom is 0.314 e. The number of hydrogen-bond acceptors (Lipinski definition) is 5. The highest BCUT2D eigenvalue weighted by atomic mass is 16.5. The summed E-state index contributed by atoms with van der Waals surface area (Å²) in [7, 11) is 0. The number of aromatic nitrogens is 2. The summed E-state index contributed by atoms with van der Waals surface area (Å²) < 4.78 is 11.5. The summed E-state index contributed by atoms with van der Waals surface area (Å²) in [4.78, 5) is 15.6. The molecule has 2 heterocycles. The third-order valence-electron chi connectivity index (χ3n) is 6.58. The molecule has 0 unspecified atom stereocenters. The molecule has 0 aliphatic heterocycles. The number of aliphatic carboxylic acids is 1.